The molecular weight excluding hydrogens is 474 g/mol. The van der Waals surface area contributed by atoms with E-state index in [0.717, 1.165) is 11.1 Å². The van der Waals surface area contributed by atoms with E-state index in [1.54, 1.807) is 58.0 Å². The van der Waals surface area contributed by atoms with Gasteiger partial charge in [-0.2, -0.15) is 0 Å². The summed E-state index contributed by atoms with van der Waals surface area (Å²) in [5.41, 5.74) is 1.81. The summed E-state index contributed by atoms with van der Waals surface area (Å²) in [5.74, 6) is -0.350. The molecule has 3 aromatic rings. The molecule has 0 atom stereocenters. The van der Waals surface area contributed by atoms with E-state index in [0.29, 0.717) is 17.9 Å². The normalized spacial score (nSPS) is 10.8. The van der Waals surface area contributed by atoms with Crippen LogP contribution in [0.3, 0.4) is 0 Å². The van der Waals surface area contributed by atoms with Crippen molar-refractivity contribution in [2.75, 3.05) is 6.61 Å². The van der Waals surface area contributed by atoms with Gasteiger partial charge in [-0.25, -0.2) is 14.6 Å². The minimum Gasteiger partial charge on any atom is -0.462 e. The number of hydrogen-bond acceptors (Lipinski definition) is 7. The van der Waals surface area contributed by atoms with Crippen molar-refractivity contribution in [1.82, 2.24) is 15.6 Å². The number of aromatic nitrogens is 1. The quantitative estimate of drug-likeness (QED) is 0.393. The number of pyridine rings is 1. The van der Waals surface area contributed by atoms with E-state index in [2.05, 4.69) is 15.6 Å². The predicted octanol–water partition coefficient (Wildman–Crippen LogP) is 5.01. The Morgan fingerprint density at radius 1 is 0.892 bits per heavy atom. The number of nitrogens with zero attached hydrogens (tertiary/aromatic N) is 1. The monoisotopic (exact) mass is 505 g/mol. The highest BCUT2D eigenvalue weighted by molar-refractivity contribution is 5.96. The SMILES string of the molecule is CCOC(=O)c1cccc(Oc2ncccc2C(=O)NCc2ccc(CNC(=O)OC(C)(C)C)cc2)c1. The van der Waals surface area contributed by atoms with E-state index in [4.69, 9.17) is 14.2 Å². The van der Waals surface area contributed by atoms with Crippen LogP contribution in [0, 0.1) is 0 Å². The van der Waals surface area contributed by atoms with Crippen LogP contribution in [0.15, 0.2) is 66.9 Å². The molecule has 0 bridgehead atoms. The second-order valence-corrected chi connectivity index (χ2v) is 9.06. The fourth-order valence-corrected chi connectivity index (χ4v) is 3.20. The van der Waals surface area contributed by atoms with Gasteiger partial charge in [-0.1, -0.05) is 30.3 Å². The molecule has 9 nitrogen and oxygen atoms in total. The first kappa shape index (κ1) is 27.2. The number of hydrogen-bond donors (Lipinski definition) is 2. The highest BCUT2D eigenvalue weighted by Gasteiger charge is 2.17. The van der Waals surface area contributed by atoms with Crippen molar-refractivity contribution in [3.05, 3.63) is 89.1 Å². The maximum atomic E-state index is 12.9. The van der Waals surface area contributed by atoms with Crippen LogP contribution < -0.4 is 15.4 Å². The second kappa shape index (κ2) is 12.5. The van der Waals surface area contributed by atoms with Gasteiger partial charge in [0.1, 0.15) is 16.9 Å². The number of carbonyl (C=O) groups is 3. The first-order chi connectivity index (χ1) is 17.6. The van der Waals surface area contributed by atoms with E-state index in [-0.39, 0.29) is 30.5 Å². The standard InChI is InChI=1S/C28H31N3O6/c1-5-35-26(33)21-8-6-9-22(16-21)36-25-23(10-7-15-29-25)24(32)30-17-19-11-13-20(14-12-19)18-31-27(34)37-28(2,3)4/h6-16H,5,17-18H2,1-4H3,(H,30,32)(H,31,34). The molecule has 0 unspecified atom stereocenters. The van der Waals surface area contributed by atoms with E-state index in [1.165, 1.54) is 12.3 Å². The van der Waals surface area contributed by atoms with Gasteiger partial charge in [-0.15, -0.1) is 0 Å². The number of benzene rings is 2. The summed E-state index contributed by atoms with van der Waals surface area (Å²) in [6, 6.07) is 17.2. The van der Waals surface area contributed by atoms with Gasteiger partial charge in [0.05, 0.1) is 12.2 Å². The largest absolute Gasteiger partial charge is 0.462 e. The molecule has 0 fully saturated rings. The number of carbonyl (C=O) groups excluding carboxylic acids is 3. The van der Waals surface area contributed by atoms with Crippen LogP contribution in [0.1, 0.15) is 59.5 Å². The van der Waals surface area contributed by atoms with Crippen LogP contribution in [-0.2, 0) is 22.6 Å². The van der Waals surface area contributed by atoms with Gasteiger partial charge in [-0.3, -0.25) is 4.79 Å². The van der Waals surface area contributed by atoms with Crippen molar-refractivity contribution >= 4 is 18.0 Å². The zero-order chi connectivity index (χ0) is 26.8. The Balaban J connectivity index is 1.58. The molecule has 2 N–H and O–H groups in total. The summed E-state index contributed by atoms with van der Waals surface area (Å²) in [6.07, 6.45) is 1.04. The summed E-state index contributed by atoms with van der Waals surface area (Å²) in [4.78, 5) is 40.9. The Kier molecular flexibility index (Phi) is 9.21. The third-order valence-electron chi connectivity index (χ3n) is 4.89. The van der Waals surface area contributed by atoms with E-state index in [1.807, 2.05) is 24.3 Å². The summed E-state index contributed by atoms with van der Waals surface area (Å²) in [7, 11) is 0. The first-order valence-corrected chi connectivity index (χ1v) is 11.9. The molecule has 0 spiro atoms. The summed E-state index contributed by atoms with van der Waals surface area (Å²) in [5, 5.41) is 5.57. The fourth-order valence-electron chi connectivity index (χ4n) is 3.20. The van der Waals surface area contributed by atoms with Crippen molar-refractivity contribution in [3.8, 4) is 11.6 Å². The van der Waals surface area contributed by atoms with Gasteiger partial charge in [0.25, 0.3) is 5.91 Å². The third-order valence-corrected chi connectivity index (χ3v) is 4.89. The second-order valence-electron chi connectivity index (χ2n) is 9.06. The average molecular weight is 506 g/mol. The molecule has 0 aliphatic carbocycles. The molecule has 9 heteroatoms. The number of nitrogens with one attached hydrogen (secondary N) is 2. The van der Waals surface area contributed by atoms with E-state index in [9.17, 15) is 14.4 Å². The Morgan fingerprint density at radius 3 is 2.22 bits per heavy atom. The Hall–Kier alpha value is -4.40. The fraction of sp³-hybridized carbons (Fsp3) is 0.286. The highest BCUT2D eigenvalue weighted by Crippen LogP contribution is 2.24. The van der Waals surface area contributed by atoms with Gasteiger partial charge in [0.2, 0.25) is 5.88 Å². The van der Waals surface area contributed by atoms with E-state index >= 15 is 0 Å². The van der Waals surface area contributed by atoms with Crippen molar-refractivity contribution in [2.45, 2.75) is 46.4 Å². The van der Waals surface area contributed by atoms with Crippen LogP contribution in [-0.4, -0.2) is 35.2 Å². The zero-order valence-corrected chi connectivity index (χ0v) is 21.4. The summed E-state index contributed by atoms with van der Waals surface area (Å²) < 4.78 is 16.1. The average Bonchev–Trinajstić information content (AvgIpc) is 2.86. The van der Waals surface area contributed by atoms with Gasteiger partial charge >= 0.3 is 12.1 Å². The molecule has 0 radical (unpaired) electrons. The molecule has 194 valence electrons. The lowest BCUT2D eigenvalue weighted by Crippen LogP contribution is -2.32. The van der Waals surface area contributed by atoms with Gasteiger partial charge < -0.3 is 24.8 Å². The molecule has 0 saturated heterocycles. The topological polar surface area (TPSA) is 116 Å². The summed E-state index contributed by atoms with van der Waals surface area (Å²) >= 11 is 0. The molecular formula is C28H31N3O6. The predicted molar refractivity (Wildman–Crippen MR) is 137 cm³/mol. The lowest BCUT2D eigenvalue weighted by Gasteiger charge is -2.19. The minimum atomic E-state index is -0.558. The Bertz CT molecular complexity index is 1240. The van der Waals surface area contributed by atoms with Crippen molar-refractivity contribution in [2.24, 2.45) is 0 Å². The number of amides is 2. The van der Waals surface area contributed by atoms with Crippen molar-refractivity contribution < 1.29 is 28.6 Å². The van der Waals surface area contributed by atoms with Crippen LogP contribution >= 0.6 is 0 Å². The highest BCUT2D eigenvalue weighted by atomic mass is 16.6. The van der Waals surface area contributed by atoms with Crippen LogP contribution in [0.25, 0.3) is 0 Å². The first-order valence-electron chi connectivity index (χ1n) is 11.9. The molecule has 37 heavy (non-hydrogen) atoms. The molecule has 2 amide bonds. The molecule has 0 aliphatic rings. The van der Waals surface area contributed by atoms with Gasteiger partial charge in [-0.05, 0) is 69.2 Å². The Morgan fingerprint density at radius 2 is 1.57 bits per heavy atom. The molecule has 0 saturated carbocycles. The van der Waals surface area contributed by atoms with Crippen molar-refractivity contribution in [1.29, 1.82) is 0 Å². The van der Waals surface area contributed by atoms with E-state index < -0.39 is 17.7 Å². The lowest BCUT2D eigenvalue weighted by molar-refractivity contribution is 0.0514. The minimum absolute atomic E-state index is 0.115. The molecule has 0 aliphatic heterocycles. The number of alkyl carbamates (subject to hydrolysis) is 1. The Labute approximate surface area is 216 Å². The number of esters is 1. The molecule has 2 aromatic carbocycles. The molecule has 3 rings (SSSR count). The number of ether oxygens (including phenoxy) is 3. The molecule has 1 aromatic heterocycles. The smallest absolute Gasteiger partial charge is 0.407 e. The summed E-state index contributed by atoms with van der Waals surface area (Å²) in [6.45, 7) is 8.02. The third kappa shape index (κ3) is 8.64. The van der Waals surface area contributed by atoms with Crippen LogP contribution in [0.4, 0.5) is 4.79 Å². The van der Waals surface area contributed by atoms with Gasteiger partial charge in [0, 0.05) is 19.3 Å². The lowest BCUT2D eigenvalue weighted by atomic mass is 10.1. The van der Waals surface area contributed by atoms with Crippen LogP contribution in [0.5, 0.6) is 11.6 Å². The maximum absolute atomic E-state index is 12.9. The maximum Gasteiger partial charge on any atom is 0.407 e. The number of rotatable bonds is 9. The van der Waals surface area contributed by atoms with Crippen LogP contribution in [0.2, 0.25) is 0 Å². The molecule has 1 heterocycles. The van der Waals surface area contributed by atoms with Gasteiger partial charge in [0.15, 0.2) is 0 Å². The zero-order valence-electron chi connectivity index (χ0n) is 21.4. The van der Waals surface area contributed by atoms with Crippen molar-refractivity contribution in [3.63, 3.8) is 0 Å².